The number of nitrogens with two attached hydrogens (primary N) is 1. The molecule has 2 nitrogen and oxygen atoms in total. The maximum Gasteiger partial charge on any atom is 0.0142 e. The molecule has 3 heteroatoms. The monoisotopic (exact) mass is 290 g/mol. The summed E-state index contributed by atoms with van der Waals surface area (Å²) >= 11 is 0. The topological polar surface area (TPSA) is 38.0 Å². The van der Waals surface area contributed by atoms with Crippen LogP contribution in [0.3, 0.4) is 0 Å². The van der Waals surface area contributed by atoms with E-state index in [0.29, 0.717) is 0 Å². The van der Waals surface area contributed by atoms with Gasteiger partial charge in [0, 0.05) is 11.1 Å². The third-order valence-corrected chi connectivity index (χ3v) is 6.91. The molecule has 0 unspecified atom stereocenters. The summed E-state index contributed by atoms with van der Waals surface area (Å²) < 4.78 is 0. The molecule has 19 heavy (non-hydrogen) atoms. The van der Waals surface area contributed by atoms with Gasteiger partial charge in [-0.1, -0.05) is 27.7 Å². The van der Waals surface area contributed by atoms with Crippen molar-refractivity contribution in [3.63, 3.8) is 0 Å². The summed E-state index contributed by atoms with van der Waals surface area (Å²) in [5, 5.41) is 5.38. The quantitative estimate of drug-likeness (QED) is 0.447. The van der Waals surface area contributed by atoms with Crippen LogP contribution in [0.4, 0.5) is 0 Å². The van der Waals surface area contributed by atoms with Crippen molar-refractivity contribution in [1.82, 2.24) is 5.32 Å². The van der Waals surface area contributed by atoms with Crippen molar-refractivity contribution in [2.45, 2.75) is 89.8 Å². The second-order valence-corrected chi connectivity index (χ2v) is 11.3. The molecule has 0 atom stereocenters. The molecule has 0 aromatic rings. The van der Waals surface area contributed by atoms with Gasteiger partial charge in [0.1, 0.15) is 0 Å². The van der Waals surface area contributed by atoms with Gasteiger partial charge < -0.3 is 11.1 Å². The van der Waals surface area contributed by atoms with Crippen LogP contribution in [0.2, 0.25) is 0 Å². The number of thiol groups is 1. The van der Waals surface area contributed by atoms with Crippen LogP contribution in [0.5, 0.6) is 0 Å². The molecule has 0 amide bonds. The molecule has 0 rings (SSSR count). The number of rotatable bonds is 9. The van der Waals surface area contributed by atoms with Crippen molar-refractivity contribution in [1.29, 1.82) is 0 Å². The average Bonchev–Trinajstić information content (AvgIpc) is 2.11. The van der Waals surface area contributed by atoms with E-state index in [2.05, 4.69) is 60.7 Å². The number of hydrogen-bond donors (Lipinski definition) is 3. The lowest BCUT2D eigenvalue weighted by Crippen LogP contribution is -2.48. The second kappa shape index (κ2) is 7.90. The van der Waals surface area contributed by atoms with E-state index >= 15 is 0 Å². The molecule has 0 saturated carbocycles. The van der Waals surface area contributed by atoms with Gasteiger partial charge in [0.15, 0.2) is 0 Å². The van der Waals surface area contributed by atoms with Crippen molar-refractivity contribution < 1.29 is 0 Å². The molecule has 0 saturated heterocycles. The minimum atomic E-state index is -0.0982. The Balaban J connectivity index is 4.03. The summed E-state index contributed by atoms with van der Waals surface area (Å²) in [5.41, 5.74) is 6.15. The Morgan fingerprint density at radius 1 is 1.00 bits per heavy atom. The third-order valence-electron chi connectivity index (χ3n) is 3.42. The summed E-state index contributed by atoms with van der Waals surface area (Å²) in [6.45, 7) is 19.3. The predicted molar refractivity (Wildman–Crippen MR) is 93.7 cm³/mol. The Kier molecular flexibility index (Phi) is 8.01. The molecule has 0 radical (unpaired) electrons. The summed E-state index contributed by atoms with van der Waals surface area (Å²) in [6, 6.07) is 0. The van der Waals surface area contributed by atoms with E-state index in [1.54, 1.807) is 0 Å². The zero-order chi connectivity index (χ0) is 15.3. The molecule has 0 aromatic heterocycles. The minimum absolute atomic E-state index is 0.0982. The van der Waals surface area contributed by atoms with Crippen LogP contribution in [-0.2, 0) is 0 Å². The lowest BCUT2D eigenvalue weighted by atomic mass is 9.88. The van der Waals surface area contributed by atoms with Gasteiger partial charge in [0.2, 0.25) is 0 Å². The van der Waals surface area contributed by atoms with Crippen LogP contribution in [0.25, 0.3) is 0 Å². The maximum atomic E-state index is 6.12. The Labute approximate surface area is 124 Å². The highest BCUT2D eigenvalue weighted by atomic mass is 32.2. The fourth-order valence-corrected chi connectivity index (χ4v) is 5.75. The van der Waals surface area contributed by atoms with Crippen LogP contribution in [-0.4, -0.2) is 33.9 Å². The first kappa shape index (κ1) is 19.3. The fourth-order valence-electron chi connectivity index (χ4n) is 3.00. The number of nitrogens with one attached hydrogen (secondary N) is 1. The Hall–Kier alpha value is 0.270. The zero-order valence-electron chi connectivity index (χ0n) is 14.5. The van der Waals surface area contributed by atoms with Crippen molar-refractivity contribution in [3.05, 3.63) is 0 Å². The van der Waals surface area contributed by atoms with E-state index in [9.17, 15) is 0 Å². The SMILES string of the molecule is CC(C)[SH](CCCNC(C)(C)CC(C)(C)N)C(C)C. The molecule has 0 aliphatic heterocycles. The molecule has 0 bridgehead atoms. The van der Waals surface area contributed by atoms with Crippen LogP contribution in [0, 0.1) is 0 Å². The first-order chi connectivity index (χ1) is 8.44. The molecular formula is C16H38N2S. The van der Waals surface area contributed by atoms with Gasteiger partial charge in [-0.05, 0) is 63.3 Å². The summed E-state index contributed by atoms with van der Waals surface area (Å²) in [6.07, 6.45) is 2.29. The normalized spacial score (nSPS) is 14.4. The predicted octanol–water partition coefficient (Wildman–Crippen LogP) is 3.69. The molecular weight excluding hydrogens is 252 g/mol. The van der Waals surface area contributed by atoms with E-state index in [1.165, 1.54) is 12.2 Å². The third kappa shape index (κ3) is 9.75. The summed E-state index contributed by atoms with van der Waals surface area (Å²) in [4.78, 5) is 0. The first-order valence-electron chi connectivity index (χ1n) is 7.74. The van der Waals surface area contributed by atoms with E-state index in [1.807, 2.05) is 0 Å². The molecule has 0 heterocycles. The maximum absolute atomic E-state index is 6.12. The number of hydrogen-bond acceptors (Lipinski definition) is 2. The van der Waals surface area contributed by atoms with Crippen molar-refractivity contribution >= 4 is 10.9 Å². The van der Waals surface area contributed by atoms with E-state index in [-0.39, 0.29) is 22.0 Å². The Bertz CT molecular complexity index is 234. The molecule has 0 aliphatic carbocycles. The standard InChI is InChI=1S/C16H38N2S/c1-13(2)19(14(3)4)11-9-10-18-16(7,8)12-15(5,6)17/h13-14,18-19H,9-12,17H2,1-8H3. The van der Waals surface area contributed by atoms with Gasteiger partial charge in [-0.3, -0.25) is 0 Å². The van der Waals surface area contributed by atoms with Gasteiger partial charge in [-0.15, -0.1) is 0 Å². The lowest BCUT2D eigenvalue weighted by Gasteiger charge is -2.34. The highest BCUT2D eigenvalue weighted by Gasteiger charge is 2.25. The van der Waals surface area contributed by atoms with Crippen LogP contribution in [0.15, 0.2) is 0 Å². The highest BCUT2D eigenvalue weighted by Crippen LogP contribution is 2.36. The zero-order valence-corrected chi connectivity index (χ0v) is 15.4. The van der Waals surface area contributed by atoms with E-state index in [4.69, 9.17) is 5.73 Å². The van der Waals surface area contributed by atoms with Gasteiger partial charge in [-0.25, -0.2) is 10.9 Å². The molecule has 0 spiro atoms. The average molecular weight is 291 g/mol. The van der Waals surface area contributed by atoms with Crippen LogP contribution < -0.4 is 11.1 Å². The van der Waals surface area contributed by atoms with Crippen molar-refractivity contribution in [2.24, 2.45) is 5.73 Å². The van der Waals surface area contributed by atoms with Gasteiger partial charge in [-0.2, -0.15) is 0 Å². The molecule has 0 aromatic carbocycles. The first-order valence-corrected chi connectivity index (χ1v) is 9.41. The molecule has 0 fully saturated rings. The fraction of sp³-hybridized carbons (Fsp3) is 1.00. The van der Waals surface area contributed by atoms with Gasteiger partial charge >= 0.3 is 0 Å². The highest BCUT2D eigenvalue weighted by molar-refractivity contribution is 8.18. The summed E-state index contributed by atoms with van der Waals surface area (Å²) in [5.74, 6) is 1.39. The second-order valence-electron chi connectivity index (χ2n) is 7.75. The van der Waals surface area contributed by atoms with Crippen LogP contribution in [0.1, 0.15) is 68.2 Å². The van der Waals surface area contributed by atoms with Crippen molar-refractivity contribution in [3.8, 4) is 0 Å². The largest absolute Gasteiger partial charge is 0.325 e. The summed E-state index contributed by atoms with van der Waals surface area (Å²) in [7, 11) is 0.182. The smallest absolute Gasteiger partial charge is 0.0142 e. The van der Waals surface area contributed by atoms with E-state index in [0.717, 1.165) is 23.5 Å². The molecule has 118 valence electrons. The van der Waals surface area contributed by atoms with Gasteiger partial charge in [0.05, 0.1) is 0 Å². The molecule has 0 aliphatic rings. The lowest BCUT2D eigenvalue weighted by molar-refractivity contribution is 0.291. The Morgan fingerprint density at radius 3 is 1.84 bits per heavy atom. The van der Waals surface area contributed by atoms with Crippen molar-refractivity contribution in [2.75, 3.05) is 12.3 Å². The Morgan fingerprint density at radius 2 is 1.47 bits per heavy atom. The van der Waals surface area contributed by atoms with E-state index < -0.39 is 0 Å². The van der Waals surface area contributed by atoms with Crippen LogP contribution >= 0.6 is 10.9 Å². The van der Waals surface area contributed by atoms with Gasteiger partial charge in [0.25, 0.3) is 0 Å². The minimum Gasteiger partial charge on any atom is -0.325 e. The molecule has 3 N–H and O–H groups in total.